The van der Waals surface area contributed by atoms with E-state index in [1.165, 1.54) is 24.3 Å². The summed E-state index contributed by atoms with van der Waals surface area (Å²) in [5.41, 5.74) is 11.3. The number of nitrogens with one attached hydrogen (secondary N) is 1. The number of ether oxygens (including phenoxy) is 2. The second kappa shape index (κ2) is 10.7. The number of carbonyl (C=O) groups is 1. The molecule has 10 heteroatoms. The van der Waals surface area contributed by atoms with Gasteiger partial charge in [-0.05, 0) is 66.1 Å². The highest BCUT2D eigenvalue weighted by atomic mass is 19.1. The molecular weight excluding hydrogens is 516 g/mol. The van der Waals surface area contributed by atoms with Crippen LogP contribution in [0.5, 0.6) is 5.75 Å². The van der Waals surface area contributed by atoms with Gasteiger partial charge in [0.2, 0.25) is 5.62 Å². The van der Waals surface area contributed by atoms with Crippen LogP contribution in [0, 0.1) is 11.6 Å². The molecule has 1 aromatic heterocycles. The van der Waals surface area contributed by atoms with Gasteiger partial charge in [0, 0.05) is 42.9 Å². The van der Waals surface area contributed by atoms with Crippen LogP contribution in [0.4, 0.5) is 13.6 Å². The molecule has 3 aromatic carbocycles. The third-order valence-corrected chi connectivity index (χ3v) is 7.32. The number of fused-ring (bicyclic) bond motifs is 3. The van der Waals surface area contributed by atoms with E-state index in [1.54, 1.807) is 12.1 Å². The van der Waals surface area contributed by atoms with E-state index in [4.69, 9.17) is 15.2 Å². The molecule has 6 rings (SSSR count). The van der Waals surface area contributed by atoms with Gasteiger partial charge in [-0.1, -0.05) is 12.1 Å². The SMILES string of the molecule is C[C@H](CN1CCOCC1)n1/c(=N/C(N)=O)[nH]c2cc(/C=C3\c4ccc(F)cc4COc4cc(F)ccc43)ccc21. The molecule has 0 radical (unpaired) electrons. The zero-order chi connectivity index (χ0) is 27.8. The molecule has 4 aromatic rings. The average Bonchev–Trinajstić information content (AvgIpc) is 3.20. The van der Waals surface area contributed by atoms with Crippen LogP contribution in [0.25, 0.3) is 22.7 Å². The minimum Gasteiger partial charge on any atom is -0.488 e. The van der Waals surface area contributed by atoms with Crippen molar-refractivity contribution in [2.45, 2.75) is 19.6 Å². The van der Waals surface area contributed by atoms with Gasteiger partial charge in [-0.25, -0.2) is 13.6 Å². The Kier molecular flexibility index (Phi) is 6.95. The van der Waals surface area contributed by atoms with Gasteiger partial charge >= 0.3 is 6.03 Å². The smallest absolute Gasteiger partial charge is 0.341 e. The first-order chi connectivity index (χ1) is 19.4. The van der Waals surface area contributed by atoms with Gasteiger partial charge in [0.15, 0.2) is 0 Å². The predicted molar refractivity (Wildman–Crippen MR) is 148 cm³/mol. The number of amides is 2. The van der Waals surface area contributed by atoms with Gasteiger partial charge in [0.25, 0.3) is 0 Å². The van der Waals surface area contributed by atoms with Crippen molar-refractivity contribution in [1.82, 2.24) is 14.5 Å². The lowest BCUT2D eigenvalue weighted by molar-refractivity contribution is 0.0326. The van der Waals surface area contributed by atoms with Gasteiger partial charge in [-0.3, -0.25) is 4.90 Å². The normalized spacial score (nSPS) is 17.8. The molecule has 40 heavy (non-hydrogen) atoms. The number of carbonyl (C=O) groups excluding carboxylic acids is 1. The second-order valence-corrected chi connectivity index (χ2v) is 10.1. The summed E-state index contributed by atoms with van der Waals surface area (Å²) in [6.45, 7) is 6.03. The lowest BCUT2D eigenvalue weighted by atomic mass is 9.92. The first-order valence-electron chi connectivity index (χ1n) is 13.2. The average molecular weight is 546 g/mol. The Hall–Kier alpha value is -4.28. The van der Waals surface area contributed by atoms with Crippen molar-refractivity contribution in [2.75, 3.05) is 32.8 Å². The number of hydrogen-bond donors (Lipinski definition) is 2. The van der Waals surface area contributed by atoms with Gasteiger partial charge in [0.05, 0.1) is 24.2 Å². The van der Waals surface area contributed by atoms with E-state index in [1.807, 2.05) is 28.8 Å². The van der Waals surface area contributed by atoms with E-state index in [0.717, 1.165) is 47.4 Å². The highest BCUT2D eigenvalue weighted by Gasteiger charge is 2.22. The molecular formula is C30H29F2N5O3. The van der Waals surface area contributed by atoms with Crippen LogP contribution in [0.15, 0.2) is 59.6 Å². The Balaban J connectivity index is 1.46. The number of halogens is 2. The Morgan fingerprint density at radius 1 is 1.07 bits per heavy atom. The molecule has 0 spiro atoms. The standard InChI is InChI=1S/C30H29F2N5O3/c1-18(16-36-8-10-39-11-9-36)37-27-7-2-19(13-26(27)34-30(37)35-29(33)38)12-25-23-5-3-21(31)14-20(23)17-40-28-15-22(32)4-6-24(25)28/h2-7,12-15,18H,8-11,16-17H2,1H3,(H3,33,34,35,38)/b25-12+/t18-/m1/s1. The summed E-state index contributed by atoms with van der Waals surface area (Å²) in [6, 6.07) is 14.1. The van der Waals surface area contributed by atoms with Crippen LogP contribution in [-0.2, 0) is 11.3 Å². The number of rotatable bonds is 4. The molecule has 2 aliphatic rings. The van der Waals surface area contributed by atoms with Crippen molar-refractivity contribution in [1.29, 1.82) is 0 Å². The van der Waals surface area contributed by atoms with Crippen LogP contribution in [0.2, 0.25) is 0 Å². The minimum atomic E-state index is -0.785. The molecule has 2 aliphatic heterocycles. The number of H-pyrrole nitrogens is 1. The molecule has 1 saturated heterocycles. The first-order valence-corrected chi connectivity index (χ1v) is 13.2. The van der Waals surface area contributed by atoms with Gasteiger partial charge in [-0.15, -0.1) is 0 Å². The highest BCUT2D eigenvalue weighted by Crippen LogP contribution is 2.38. The fourth-order valence-corrected chi connectivity index (χ4v) is 5.53. The van der Waals surface area contributed by atoms with E-state index in [9.17, 15) is 13.6 Å². The van der Waals surface area contributed by atoms with Crippen molar-refractivity contribution in [3.8, 4) is 5.75 Å². The number of imidazole rings is 1. The number of hydrogen-bond acceptors (Lipinski definition) is 4. The topological polar surface area (TPSA) is 97.9 Å². The Morgan fingerprint density at radius 2 is 1.82 bits per heavy atom. The van der Waals surface area contributed by atoms with Crippen LogP contribution in [-0.4, -0.2) is 53.3 Å². The molecule has 3 heterocycles. The van der Waals surface area contributed by atoms with Crippen molar-refractivity contribution in [3.05, 3.63) is 94.1 Å². The van der Waals surface area contributed by atoms with E-state index in [0.29, 0.717) is 35.7 Å². The molecule has 1 atom stereocenters. The van der Waals surface area contributed by atoms with Gasteiger partial charge in [0.1, 0.15) is 24.0 Å². The molecule has 2 amide bonds. The van der Waals surface area contributed by atoms with E-state index < -0.39 is 11.8 Å². The summed E-state index contributed by atoms with van der Waals surface area (Å²) in [6.07, 6.45) is 1.97. The molecule has 0 bridgehead atoms. The van der Waals surface area contributed by atoms with E-state index in [2.05, 4.69) is 21.8 Å². The van der Waals surface area contributed by atoms with Crippen LogP contribution in [0.1, 0.15) is 35.2 Å². The van der Waals surface area contributed by atoms with Crippen molar-refractivity contribution >= 4 is 28.7 Å². The summed E-state index contributed by atoms with van der Waals surface area (Å²) >= 11 is 0. The Bertz CT molecular complexity index is 1650. The van der Waals surface area contributed by atoms with Crippen molar-refractivity contribution in [3.63, 3.8) is 0 Å². The number of benzene rings is 3. The quantitative estimate of drug-likeness (QED) is 0.392. The summed E-state index contributed by atoms with van der Waals surface area (Å²) < 4.78 is 41.5. The molecule has 3 N–H and O–H groups in total. The fourth-order valence-electron chi connectivity index (χ4n) is 5.53. The summed E-state index contributed by atoms with van der Waals surface area (Å²) in [7, 11) is 0. The fraction of sp³-hybridized carbons (Fsp3) is 0.267. The van der Waals surface area contributed by atoms with Crippen LogP contribution in [0.3, 0.4) is 0 Å². The maximum Gasteiger partial charge on any atom is 0.341 e. The molecule has 8 nitrogen and oxygen atoms in total. The number of nitrogens with two attached hydrogens (primary N) is 1. The summed E-state index contributed by atoms with van der Waals surface area (Å²) in [5, 5.41) is 0. The Morgan fingerprint density at radius 3 is 2.60 bits per heavy atom. The third-order valence-electron chi connectivity index (χ3n) is 7.32. The van der Waals surface area contributed by atoms with Crippen molar-refractivity contribution < 1.29 is 23.0 Å². The number of aromatic nitrogens is 2. The molecule has 0 saturated carbocycles. The molecule has 0 unspecified atom stereocenters. The number of primary amides is 1. The van der Waals surface area contributed by atoms with E-state index in [-0.39, 0.29) is 18.5 Å². The number of nitrogens with zero attached hydrogens (tertiary/aromatic N) is 3. The highest BCUT2D eigenvalue weighted by molar-refractivity contribution is 5.95. The number of morpholine rings is 1. The molecule has 1 fully saturated rings. The number of urea groups is 1. The van der Waals surface area contributed by atoms with Crippen LogP contribution >= 0.6 is 0 Å². The first kappa shape index (κ1) is 26.0. The Labute approximate surface area is 229 Å². The summed E-state index contributed by atoms with van der Waals surface area (Å²) in [4.78, 5) is 21.4. The lowest BCUT2D eigenvalue weighted by Gasteiger charge is -2.29. The second-order valence-electron chi connectivity index (χ2n) is 10.1. The molecule has 0 aliphatic carbocycles. The summed E-state index contributed by atoms with van der Waals surface area (Å²) in [5.74, 6) is -0.390. The maximum atomic E-state index is 14.1. The number of aromatic amines is 1. The molecule has 206 valence electrons. The predicted octanol–water partition coefficient (Wildman–Crippen LogP) is 4.60. The van der Waals surface area contributed by atoms with Gasteiger partial charge in [-0.2, -0.15) is 4.99 Å². The van der Waals surface area contributed by atoms with Crippen LogP contribution < -0.4 is 16.1 Å². The monoisotopic (exact) mass is 545 g/mol. The lowest BCUT2D eigenvalue weighted by Crippen LogP contribution is -2.40. The van der Waals surface area contributed by atoms with Crippen molar-refractivity contribution in [2.24, 2.45) is 10.7 Å². The third kappa shape index (κ3) is 5.15. The largest absolute Gasteiger partial charge is 0.488 e. The zero-order valence-electron chi connectivity index (χ0n) is 22.0. The zero-order valence-corrected chi connectivity index (χ0v) is 22.0. The van der Waals surface area contributed by atoms with E-state index >= 15 is 0 Å². The maximum absolute atomic E-state index is 14.1. The van der Waals surface area contributed by atoms with Gasteiger partial charge < -0.3 is 24.8 Å². The minimum absolute atomic E-state index is 0.00305.